The molecule has 19 heavy (non-hydrogen) atoms. The van der Waals surface area contributed by atoms with Gasteiger partial charge in [-0.3, -0.25) is 0 Å². The first kappa shape index (κ1) is 10.6. The fourth-order valence-electron chi connectivity index (χ4n) is 3.04. The highest BCUT2D eigenvalue weighted by Crippen LogP contribution is 2.34. The topological polar surface area (TPSA) is 12.0 Å². The van der Waals surface area contributed by atoms with Gasteiger partial charge in [-0.2, -0.15) is 0 Å². The predicted octanol–water partition coefficient (Wildman–Crippen LogP) is 4.68. The molecule has 0 spiro atoms. The Hall–Kier alpha value is -2.28. The van der Waals surface area contributed by atoms with Crippen LogP contribution in [0.1, 0.15) is 11.1 Å². The molecule has 0 bridgehead atoms. The number of rotatable bonds is 2. The van der Waals surface area contributed by atoms with E-state index in [0.717, 1.165) is 5.69 Å². The molecule has 4 rings (SSSR count). The van der Waals surface area contributed by atoms with Gasteiger partial charge in [-0.25, -0.2) is 0 Å². The van der Waals surface area contributed by atoms with E-state index < -0.39 is 0 Å². The second kappa shape index (κ2) is 4.13. The largest absolute Gasteiger partial charge is 0.356 e. The number of anilines is 2. The van der Waals surface area contributed by atoms with Crippen molar-refractivity contribution in [3.63, 3.8) is 0 Å². The summed E-state index contributed by atoms with van der Waals surface area (Å²) in [6.07, 6.45) is 2.35. The minimum Gasteiger partial charge on any atom is -0.356 e. The van der Waals surface area contributed by atoms with E-state index in [2.05, 4.69) is 59.9 Å². The summed E-state index contributed by atoms with van der Waals surface area (Å²) in [5, 5.41) is 6.32. The molecule has 3 aromatic rings. The summed E-state index contributed by atoms with van der Waals surface area (Å²) in [4.78, 5) is 0. The third-order valence-corrected chi connectivity index (χ3v) is 3.87. The molecule has 92 valence electrons. The van der Waals surface area contributed by atoms with Gasteiger partial charge in [-0.15, -0.1) is 0 Å². The summed E-state index contributed by atoms with van der Waals surface area (Å²) >= 11 is 0. The molecule has 0 fully saturated rings. The van der Waals surface area contributed by atoms with Crippen LogP contribution in [0.2, 0.25) is 0 Å². The lowest BCUT2D eigenvalue weighted by molar-refractivity contribution is 1.02. The minimum absolute atomic E-state index is 1.14. The molecule has 0 saturated heterocycles. The molecule has 1 aliphatic rings. The Balaban J connectivity index is 1.82. The van der Waals surface area contributed by atoms with Gasteiger partial charge in [-0.1, -0.05) is 36.4 Å². The second-order valence-corrected chi connectivity index (χ2v) is 5.14. The summed E-state index contributed by atoms with van der Waals surface area (Å²) in [7, 11) is 0. The van der Waals surface area contributed by atoms with Crippen LogP contribution < -0.4 is 5.32 Å². The number of aryl methyl sites for hydroxylation is 2. The molecule has 1 nitrogen and oxygen atoms in total. The quantitative estimate of drug-likeness (QED) is 0.691. The highest BCUT2D eigenvalue weighted by atomic mass is 14.9. The number of hydrogen-bond donors (Lipinski definition) is 1. The van der Waals surface area contributed by atoms with E-state index >= 15 is 0 Å². The highest BCUT2D eigenvalue weighted by molar-refractivity contribution is 5.93. The van der Waals surface area contributed by atoms with Crippen molar-refractivity contribution in [3.8, 4) is 0 Å². The standard InChI is InChI=1S/C18H15N/c1-2-7-16(8-3-1)19-17-11-14-6-4-5-13-9-10-15(12-17)18(13)14/h1-8,11-12,19H,9-10H2. The van der Waals surface area contributed by atoms with Crippen LogP contribution in [0, 0.1) is 0 Å². The Labute approximate surface area is 112 Å². The minimum atomic E-state index is 1.14. The fraction of sp³-hybridized carbons (Fsp3) is 0.111. The third kappa shape index (κ3) is 1.78. The van der Waals surface area contributed by atoms with Crippen LogP contribution in [0.25, 0.3) is 10.8 Å². The van der Waals surface area contributed by atoms with Crippen LogP contribution in [-0.4, -0.2) is 0 Å². The summed E-state index contributed by atoms with van der Waals surface area (Å²) in [6.45, 7) is 0. The van der Waals surface area contributed by atoms with Gasteiger partial charge >= 0.3 is 0 Å². The number of hydrogen-bond acceptors (Lipinski definition) is 1. The van der Waals surface area contributed by atoms with Gasteiger partial charge in [0.1, 0.15) is 0 Å². The summed E-state index contributed by atoms with van der Waals surface area (Å²) in [5.41, 5.74) is 5.31. The van der Waals surface area contributed by atoms with Crippen molar-refractivity contribution in [2.45, 2.75) is 12.8 Å². The van der Waals surface area contributed by atoms with Crippen LogP contribution >= 0.6 is 0 Å². The van der Waals surface area contributed by atoms with Gasteiger partial charge in [0.05, 0.1) is 0 Å². The molecule has 0 aromatic heterocycles. The van der Waals surface area contributed by atoms with Crippen molar-refractivity contribution < 1.29 is 0 Å². The smallest absolute Gasteiger partial charge is 0.0393 e. The Kier molecular flexibility index (Phi) is 2.31. The Morgan fingerprint density at radius 3 is 2.42 bits per heavy atom. The van der Waals surface area contributed by atoms with Crippen molar-refractivity contribution in [3.05, 3.63) is 71.8 Å². The Bertz CT molecular complexity index is 744. The normalized spacial score (nSPS) is 12.8. The van der Waals surface area contributed by atoms with E-state index in [4.69, 9.17) is 0 Å². The van der Waals surface area contributed by atoms with Crippen LogP contribution in [-0.2, 0) is 12.8 Å². The lowest BCUT2D eigenvalue weighted by Crippen LogP contribution is -1.91. The van der Waals surface area contributed by atoms with E-state index in [1.54, 1.807) is 0 Å². The predicted molar refractivity (Wildman–Crippen MR) is 81.1 cm³/mol. The van der Waals surface area contributed by atoms with Gasteiger partial charge in [0, 0.05) is 11.4 Å². The molecule has 0 atom stereocenters. The van der Waals surface area contributed by atoms with Gasteiger partial charge < -0.3 is 5.32 Å². The van der Waals surface area contributed by atoms with Crippen molar-refractivity contribution >= 4 is 22.1 Å². The fourth-order valence-corrected chi connectivity index (χ4v) is 3.04. The average molecular weight is 245 g/mol. The molecule has 0 aliphatic heterocycles. The maximum absolute atomic E-state index is 3.49. The zero-order chi connectivity index (χ0) is 12.7. The molecular formula is C18H15N. The van der Waals surface area contributed by atoms with E-state index in [1.165, 1.54) is 40.4 Å². The molecular weight excluding hydrogens is 230 g/mol. The van der Waals surface area contributed by atoms with Crippen molar-refractivity contribution in [1.29, 1.82) is 0 Å². The number of para-hydroxylation sites is 1. The zero-order valence-electron chi connectivity index (χ0n) is 10.7. The lowest BCUT2D eigenvalue weighted by Gasteiger charge is -2.09. The second-order valence-electron chi connectivity index (χ2n) is 5.14. The lowest BCUT2D eigenvalue weighted by atomic mass is 10.0. The van der Waals surface area contributed by atoms with E-state index in [-0.39, 0.29) is 0 Å². The maximum Gasteiger partial charge on any atom is 0.0393 e. The van der Waals surface area contributed by atoms with Gasteiger partial charge in [0.25, 0.3) is 0 Å². The zero-order valence-corrected chi connectivity index (χ0v) is 10.7. The monoisotopic (exact) mass is 245 g/mol. The van der Waals surface area contributed by atoms with E-state index in [0.29, 0.717) is 0 Å². The molecule has 3 aromatic carbocycles. The maximum atomic E-state index is 3.49. The van der Waals surface area contributed by atoms with Gasteiger partial charge in [-0.05, 0) is 59.0 Å². The van der Waals surface area contributed by atoms with Crippen LogP contribution in [0.3, 0.4) is 0 Å². The summed E-state index contributed by atoms with van der Waals surface area (Å²) in [5.74, 6) is 0. The van der Waals surface area contributed by atoms with Crippen molar-refractivity contribution in [1.82, 2.24) is 0 Å². The number of nitrogens with one attached hydrogen (secondary N) is 1. The average Bonchev–Trinajstić information content (AvgIpc) is 2.85. The highest BCUT2D eigenvalue weighted by Gasteiger charge is 2.14. The molecule has 1 heteroatoms. The molecule has 1 aliphatic carbocycles. The third-order valence-electron chi connectivity index (χ3n) is 3.87. The first-order valence-corrected chi connectivity index (χ1v) is 6.77. The molecule has 0 saturated carbocycles. The van der Waals surface area contributed by atoms with Crippen molar-refractivity contribution in [2.75, 3.05) is 5.32 Å². The van der Waals surface area contributed by atoms with Crippen LogP contribution in [0.4, 0.5) is 11.4 Å². The van der Waals surface area contributed by atoms with E-state index in [1.807, 2.05) is 6.07 Å². The number of benzene rings is 3. The van der Waals surface area contributed by atoms with Crippen LogP contribution in [0.15, 0.2) is 60.7 Å². The van der Waals surface area contributed by atoms with Gasteiger partial charge in [0.15, 0.2) is 0 Å². The SMILES string of the molecule is c1ccc(Nc2cc3c4c(cccc4c2)CC3)cc1. The van der Waals surface area contributed by atoms with Crippen molar-refractivity contribution in [2.24, 2.45) is 0 Å². The first-order chi connectivity index (χ1) is 9.40. The van der Waals surface area contributed by atoms with E-state index in [9.17, 15) is 0 Å². The molecule has 0 radical (unpaired) electrons. The Morgan fingerprint density at radius 2 is 1.53 bits per heavy atom. The summed E-state index contributed by atoms with van der Waals surface area (Å²) < 4.78 is 0. The van der Waals surface area contributed by atoms with Gasteiger partial charge in [0.2, 0.25) is 0 Å². The van der Waals surface area contributed by atoms with Crippen LogP contribution in [0.5, 0.6) is 0 Å². The molecule has 1 N–H and O–H groups in total. The Morgan fingerprint density at radius 1 is 0.684 bits per heavy atom. The summed E-state index contributed by atoms with van der Waals surface area (Å²) in [6, 6.07) is 21.5. The molecule has 0 heterocycles. The molecule has 0 amide bonds. The first-order valence-electron chi connectivity index (χ1n) is 6.77. The molecule has 0 unspecified atom stereocenters.